The smallest absolute Gasteiger partial charge is 0.407 e. The van der Waals surface area contributed by atoms with Crippen molar-refractivity contribution >= 4 is 11.8 Å². The monoisotopic (exact) mass is 630 g/mol. The Hall–Kier alpha value is -3.09. The van der Waals surface area contributed by atoms with E-state index in [1.807, 2.05) is 57.2 Å². The van der Waals surface area contributed by atoms with E-state index in [1.165, 1.54) is 12.0 Å². The molecule has 2 aliphatic rings. The van der Waals surface area contributed by atoms with Gasteiger partial charge in [0.1, 0.15) is 24.2 Å². The number of hydrogen-bond acceptors (Lipinski definition) is 9. The van der Waals surface area contributed by atoms with E-state index in [4.69, 9.17) is 28.4 Å². The average Bonchev–Trinajstić information content (AvgIpc) is 3.02. The van der Waals surface area contributed by atoms with Crippen LogP contribution in [0.5, 0.6) is 11.5 Å². The van der Waals surface area contributed by atoms with Crippen LogP contribution in [0.1, 0.15) is 44.2 Å². The van der Waals surface area contributed by atoms with Crippen LogP contribution < -0.4 is 14.4 Å². The molecule has 11 nitrogen and oxygen atoms in total. The van der Waals surface area contributed by atoms with Gasteiger partial charge in [0.25, 0.3) is 0 Å². The first-order chi connectivity index (χ1) is 21.6. The van der Waals surface area contributed by atoms with Crippen molar-refractivity contribution in [3.8, 4) is 11.5 Å². The van der Waals surface area contributed by atoms with E-state index < -0.39 is 35.9 Å². The van der Waals surface area contributed by atoms with E-state index in [9.17, 15) is 15.0 Å². The van der Waals surface area contributed by atoms with E-state index in [0.717, 1.165) is 42.1 Å². The summed E-state index contributed by atoms with van der Waals surface area (Å²) < 4.78 is 34.9. The van der Waals surface area contributed by atoms with E-state index in [2.05, 4.69) is 11.0 Å². The van der Waals surface area contributed by atoms with E-state index >= 15 is 0 Å². The van der Waals surface area contributed by atoms with Gasteiger partial charge in [-0.05, 0) is 47.2 Å². The maximum Gasteiger partial charge on any atom is 0.407 e. The number of piperidine rings is 1. The Kier molecular flexibility index (Phi) is 12.3. The summed E-state index contributed by atoms with van der Waals surface area (Å²) in [7, 11) is 4.84. The summed E-state index contributed by atoms with van der Waals surface area (Å²) in [6.45, 7) is 9.50. The van der Waals surface area contributed by atoms with Gasteiger partial charge in [-0.15, -0.1) is 0 Å². The number of ether oxygens (including phenoxy) is 6. The summed E-state index contributed by atoms with van der Waals surface area (Å²) >= 11 is 0. The summed E-state index contributed by atoms with van der Waals surface area (Å²) in [5, 5.41) is 21.0. The lowest BCUT2D eigenvalue weighted by atomic mass is 9.71. The minimum atomic E-state index is -1.04. The molecule has 2 aliphatic heterocycles. The van der Waals surface area contributed by atoms with Gasteiger partial charge in [0, 0.05) is 33.3 Å². The molecule has 5 atom stereocenters. The zero-order chi connectivity index (χ0) is 32.6. The Morgan fingerprint density at radius 1 is 1.04 bits per heavy atom. The molecule has 0 spiro atoms. The second-order valence-corrected chi connectivity index (χ2v) is 12.8. The highest BCUT2D eigenvalue weighted by Gasteiger charge is 2.51. The van der Waals surface area contributed by atoms with Gasteiger partial charge in [-0.2, -0.15) is 0 Å². The van der Waals surface area contributed by atoms with Crippen molar-refractivity contribution < 1.29 is 43.4 Å². The van der Waals surface area contributed by atoms with E-state index in [-0.39, 0.29) is 32.3 Å². The van der Waals surface area contributed by atoms with Crippen molar-refractivity contribution in [2.75, 3.05) is 72.3 Å². The minimum absolute atomic E-state index is 0.0123. The molecule has 0 aromatic heterocycles. The number of hydrogen-bond donors (Lipinski definition) is 2. The van der Waals surface area contributed by atoms with Gasteiger partial charge in [-0.25, -0.2) is 4.79 Å². The molecule has 4 rings (SSSR count). The molecule has 45 heavy (non-hydrogen) atoms. The molecular formula is C34H50N2O9. The molecule has 0 aliphatic carbocycles. The van der Waals surface area contributed by atoms with Gasteiger partial charge in [0.15, 0.2) is 0 Å². The van der Waals surface area contributed by atoms with Gasteiger partial charge in [0.2, 0.25) is 0 Å². The SMILES string of the molecule is COCCCN1CCOc2ccc(CO[C@H]3CN(C(=O)O)C(C(C)(C)C)[C@@H](OC[C@H](O)COC)[C@@H]3c3ccc(OC)cc3)cc21. The highest BCUT2D eigenvalue weighted by Crippen LogP contribution is 2.43. The number of benzene rings is 2. The Labute approximate surface area is 266 Å². The molecule has 250 valence electrons. The van der Waals surface area contributed by atoms with Crippen molar-refractivity contribution in [1.29, 1.82) is 0 Å². The predicted octanol–water partition coefficient (Wildman–Crippen LogP) is 4.40. The number of fused-ring (bicyclic) bond motifs is 1. The lowest BCUT2D eigenvalue weighted by molar-refractivity contribution is -0.149. The number of amides is 1. The standard InChI is InChI=1S/C34H50N2O9/c1-34(2,3)32-31(45-22-25(37)21-41-5)30(24-9-11-26(42-6)12-10-24)29(19-36(32)33(38)39)44-20-23-8-13-28-27(18-23)35(15-17-43-28)14-7-16-40-4/h8-13,18,25,29-32,37H,7,14-17,19-22H2,1-6H3,(H,38,39)/t25-,29+,30-,31+,32?/m1/s1. The van der Waals surface area contributed by atoms with Gasteiger partial charge in [-0.1, -0.05) is 39.0 Å². The van der Waals surface area contributed by atoms with Crippen molar-refractivity contribution in [1.82, 2.24) is 4.90 Å². The molecule has 0 bridgehead atoms. The summed E-state index contributed by atoms with van der Waals surface area (Å²) in [5.74, 6) is 1.22. The van der Waals surface area contributed by atoms with Crippen LogP contribution in [0.3, 0.4) is 0 Å². The molecule has 1 saturated heterocycles. The van der Waals surface area contributed by atoms with Crippen LogP contribution in [0.15, 0.2) is 42.5 Å². The summed E-state index contributed by atoms with van der Waals surface area (Å²) in [6.07, 6.45) is -2.16. The lowest BCUT2D eigenvalue weighted by Gasteiger charge is -2.52. The molecule has 11 heteroatoms. The van der Waals surface area contributed by atoms with E-state index in [1.54, 1.807) is 14.2 Å². The number of rotatable bonds is 14. The van der Waals surface area contributed by atoms with Gasteiger partial charge in [0.05, 0.1) is 64.0 Å². The topological polar surface area (TPSA) is 119 Å². The van der Waals surface area contributed by atoms with Gasteiger partial charge in [-0.3, -0.25) is 4.90 Å². The quantitative estimate of drug-likeness (QED) is 0.291. The maximum atomic E-state index is 12.7. The molecule has 2 aromatic carbocycles. The Bertz CT molecular complexity index is 1220. The Morgan fingerprint density at radius 3 is 2.44 bits per heavy atom. The molecular weight excluding hydrogens is 580 g/mol. The Balaban J connectivity index is 1.67. The van der Waals surface area contributed by atoms with Crippen LogP contribution in [0.4, 0.5) is 10.5 Å². The third-order valence-electron chi connectivity index (χ3n) is 8.48. The zero-order valence-electron chi connectivity index (χ0n) is 27.4. The summed E-state index contributed by atoms with van der Waals surface area (Å²) in [5.41, 5.74) is 2.43. The van der Waals surface area contributed by atoms with Gasteiger partial charge >= 0.3 is 6.09 Å². The Morgan fingerprint density at radius 2 is 1.80 bits per heavy atom. The fourth-order valence-electron chi connectivity index (χ4n) is 6.45. The van der Waals surface area contributed by atoms with Crippen LogP contribution in [-0.2, 0) is 25.6 Å². The first kappa shape index (κ1) is 34.8. The number of carbonyl (C=O) groups is 1. The number of methoxy groups -OCH3 is 3. The number of aliphatic hydroxyl groups excluding tert-OH is 1. The number of aliphatic hydroxyl groups is 1. The van der Waals surface area contributed by atoms with Crippen molar-refractivity contribution in [3.05, 3.63) is 53.6 Å². The molecule has 1 unspecified atom stereocenters. The number of carboxylic acid groups (broad SMARTS) is 1. The average molecular weight is 631 g/mol. The van der Waals surface area contributed by atoms with Crippen LogP contribution >= 0.6 is 0 Å². The van der Waals surface area contributed by atoms with Crippen molar-refractivity contribution in [2.45, 2.75) is 64.1 Å². The first-order valence-corrected chi connectivity index (χ1v) is 15.6. The number of likely N-dealkylation sites (tertiary alicyclic amines) is 1. The molecule has 0 saturated carbocycles. The first-order valence-electron chi connectivity index (χ1n) is 15.6. The van der Waals surface area contributed by atoms with Crippen LogP contribution in [0.2, 0.25) is 0 Å². The highest BCUT2D eigenvalue weighted by atomic mass is 16.5. The fourth-order valence-corrected chi connectivity index (χ4v) is 6.45. The van der Waals surface area contributed by atoms with Crippen LogP contribution in [0.25, 0.3) is 0 Å². The van der Waals surface area contributed by atoms with Crippen molar-refractivity contribution in [3.63, 3.8) is 0 Å². The molecule has 1 fully saturated rings. The second kappa shape index (κ2) is 16.0. The number of anilines is 1. The summed E-state index contributed by atoms with van der Waals surface area (Å²) in [6, 6.07) is 13.3. The van der Waals surface area contributed by atoms with Crippen LogP contribution in [-0.4, -0.2) is 113 Å². The molecule has 2 N–H and O–H groups in total. The normalized spacial score (nSPS) is 22.5. The third-order valence-corrected chi connectivity index (χ3v) is 8.48. The fraction of sp³-hybridized carbons (Fsp3) is 0.618. The summed E-state index contributed by atoms with van der Waals surface area (Å²) in [4.78, 5) is 16.5. The molecule has 0 radical (unpaired) electrons. The largest absolute Gasteiger partial charge is 0.497 e. The molecule has 1 amide bonds. The highest BCUT2D eigenvalue weighted by molar-refractivity contribution is 5.66. The third kappa shape index (κ3) is 8.80. The van der Waals surface area contributed by atoms with Gasteiger partial charge < -0.3 is 43.5 Å². The maximum absolute atomic E-state index is 12.7. The van der Waals surface area contributed by atoms with Crippen molar-refractivity contribution in [2.24, 2.45) is 5.41 Å². The lowest BCUT2D eigenvalue weighted by Crippen LogP contribution is -2.64. The number of nitrogens with zero attached hydrogens (tertiary/aromatic N) is 2. The van der Waals surface area contributed by atoms with E-state index in [0.29, 0.717) is 19.0 Å². The molecule has 2 aromatic rings. The van der Waals surface area contributed by atoms with Crippen LogP contribution in [0, 0.1) is 5.41 Å². The molecule has 2 heterocycles. The zero-order valence-corrected chi connectivity index (χ0v) is 27.4. The second-order valence-electron chi connectivity index (χ2n) is 12.8. The minimum Gasteiger partial charge on any atom is -0.497 e. The predicted molar refractivity (Wildman–Crippen MR) is 171 cm³/mol.